The number of para-hydroxylation sites is 1. The molecule has 2 rings (SSSR count). The van der Waals surface area contributed by atoms with E-state index in [0.29, 0.717) is 11.3 Å². The van der Waals surface area contributed by atoms with Gasteiger partial charge in [-0.3, -0.25) is 9.59 Å². The highest BCUT2D eigenvalue weighted by Crippen LogP contribution is 2.33. The highest BCUT2D eigenvalue weighted by Gasteiger charge is 2.26. The van der Waals surface area contributed by atoms with Gasteiger partial charge in [0.1, 0.15) is 5.00 Å². The van der Waals surface area contributed by atoms with E-state index in [1.807, 2.05) is 0 Å². The van der Waals surface area contributed by atoms with Gasteiger partial charge in [-0.2, -0.15) is 0 Å². The Hall–Kier alpha value is -3.40. The van der Waals surface area contributed by atoms with Gasteiger partial charge >= 0.3 is 11.9 Å². The van der Waals surface area contributed by atoms with E-state index in [0.717, 1.165) is 11.3 Å². The summed E-state index contributed by atoms with van der Waals surface area (Å²) in [7, 11) is 3.13. The van der Waals surface area contributed by atoms with Crippen molar-refractivity contribution in [1.29, 1.82) is 0 Å². The predicted octanol–water partition coefficient (Wildman–Crippen LogP) is 2.43. The van der Waals surface area contributed by atoms with Gasteiger partial charge in [0.05, 0.1) is 22.6 Å². The summed E-state index contributed by atoms with van der Waals surface area (Å²) in [5, 5.41) is 8.04. The van der Waals surface area contributed by atoms with Gasteiger partial charge in [0.25, 0.3) is 11.8 Å². The first-order valence-corrected chi connectivity index (χ1v) is 9.91. The third-order valence-electron chi connectivity index (χ3n) is 4.06. The lowest BCUT2D eigenvalue weighted by Gasteiger charge is -2.10. The molecule has 0 aliphatic rings. The van der Waals surface area contributed by atoms with E-state index < -0.39 is 30.4 Å². The van der Waals surface area contributed by atoms with Gasteiger partial charge in [0, 0.05) is 19.8 Å². The van der Waals surface area contributed by atoms with E-state index >= 15 is 0 Å². The van der Waals surface area contributed by atoms with Gasteiger partial charge in [-0.15, -0.1) is 11.3 Å². The second-order valence-electron chi connectivity index (χ2n) is 5.98. The van der Waals surface area contributed by atoms with Crippen molar-refractivity contribution in [3.05, 3.63) is 45.8 Å². The fourth-order valence-electron chi connectivity index (χ4n) is 2.63. The van der Waals surface area contributed by atoms with Crippen LogP contribution in [0.3, 0.4) is 0 Å². The van der Waals surface area contributed by atoms with Crippen LogP contribution in [-0.2, 0) is 14.3 Å². The van der Waals surface area contributed by atoms with Crippen LogP contribution in [0.1, 0.15) is 42.9 Å². The van der Waals surface area contributed by atoms with Crippen LogP contribution in [0.25, 0.3) is 0 Å². The van der Waals surface area contributed by atoms with Crippen molar-refractivity contribution < 1.29 is 28.7 Å². The van der Waals surface area contributed by atoms with E-state index in [2.05, 4.69) is 16.0 Å². The Labute approximate surface area is 177 Å². The summed E-state index contributed by atoms with van der Waals surface area (Å²) in [6.45, 7) is 2.82. The SMILES string of the molecule is CCOC(=O)c1c(NC(=O)COC(=O)c2ccccc2NC)sc(C(=O)NC)c1C. The van der Waals surface area contributed by atoms with E-state index in [9.17, 15) is 19.2 Å². The monoisotopic (exact) mass is 433 g/mol. The second-order valence-corrected chi connectivity index (χ2v) is 7.00. The third-order valence-corrected chi connectivity index (χ3v) is 5.27. The number of hydrogen-bond acceptors (Lipinski definition) is 8. The lowest BCUT2D eigenvalue weighted by atomic mass is 10.1. The molecule has 0 bridgehead atoms. The Balaban J connectivity index is 2.16. The van der Waals surface area contributed by atoms with Gasteiger partial charge < -0.3 is 25.4 Å². The fraction of sp³-hybridized carbons (Fsp3) is 0.300. The van der Waals surface area contributed by atoms with E-state index in [-0.39, 0.29) is 27.6 Å². The molecule has 0 spiro atoms. The van der Waals surface area contributed by atoms with Crippen molar-refractivity contribution >= 4 is 45.8 Å². The van der Waals surface area contributed by atoms with Crippen molar-refractivity contribution in [2.75, 3.05) is 37.9 Å². The van der Waals surface area contributed by atoms with Gasteiger partial charge in [0.2, 0.25) is 0 Å². The van der Waals surface area contributed by atoms with E-state index in [4.69, 9.17) is 9.47 Å². The second kappa shape index (κ2) is 10.4. The standard InChI is InChI=1S/C20H23N3O6S/c1-5-28-20(27)15-11(2)16(17(25)22-4)30-18(15)23-14(24)10-29-19(26)12-8-6-7-9-13(12)21-3/h6-9,21H,5,10H2,1-4H3,(H,22,25)(H,23,24). The van der Waals surface area contributed by atoms with E-state index in [1.165, 1.54) is 7.05 Å². The molecule has 10 heteroatoms. The molecule has 1 aromatic carbocycles. The van der Waals surface area contributed by atoms with Gasteiger partial charge in [0.15, 0.2) is 6.61 Å². The summed E-state index contributed by atoms with van der Waals surface area (Å²) >= 11 is 0.943. The lowest BCUT2D eigenvalue weighted by Crippen LogP contribution is -2.22. The molecule has 0 fully saturated rings. The Bertz CT molecular complexity index is 969. The van der Waals surface area contributed by atoms with Crippen molar-refractivity contribution in [3.8, 4) is 0 Å². The van der Waals surface area contributed by atoms with Crippen LogP contribution in [0.2, 0.25) is 0 Å². The molecule has 9 nitrogen and oxygen atoms in total. The molecule has 2 aromatic rings. The molecule has 160 valence electrons. The summed E-state index contributed by atoms with van der Waals surface area (Å²) in [5.41, 5.74) is 1.35. The molecule has 0 aliphatic carbocycles. The Morgan fingerprint density at radius 2 is 1.73 bits per heavy atom. The first-order valence-electron chi connectivity index (χ1n) is 9.10. The first-order chi connectivity index (χ1) is 14.3. The first kappa shape index (κ1) is 22.9. The van der Waals surface area contributed by atoms with E-state index in [1.54, 1.807) is 45.2 Å². The van der Waals surface area contributed by atoms with Crippen LogP contribution in [0.5, 0.6) is 0 Å². The Morgan fingerprint density at radius 3 is 2.37 bits per heavy atom. The number of anilines is 2. The maximum atomic E-state index is 12.3. The maximum Gasteiger partial charge on any atom is 0.341 e. The molecule has 0 saturated heterocycles. The minimum Gasteiger partial charge on any atom is -0.462 e. The van der Waals surface area contributed by atoms with Crippen LogP contribution in [0.4, 0.5) is 10.7 Å². The number of carbonyl (C=O) groups excluding carboxylic acids is 4. The molecule has 0 unspecified atom stereocenters. The van der Waals surface area contributed by atoms with Crippen LogP contribution in [0, 0.1) is 6.92 Å². The number of rotatable bonds is 8. The summed E-state index contributed by atoms with van der Waals surface area (Å²) in [6.07, 6.45) is 0. The Kier molecular flexibility index (Phi) is 7.93. The van der Waals surface area contributed by atoms with Crippen molar-refractivity contribution in [2.24, 2.45) is 0 Å². The molecular weight excluding hydrogens is 410 g/mol. The number of hydrogen-bond donors (Lipinski definition) is 3. The van der Waals surface area contributed by atoms with Crippen molar-refractivity contribution in [3.63, 3.8) is 0 Å². The summed E-state index contributed by atoms with van der Waals surface area (Å²) in [4.78, 5) is 49.3. The van der Waals surface area contributed by atoms with Crippen molar-refractivity contribution in [2.45, 2.75) is 13.8 Å². The van der Waals surface area contributed by atoms with Crippen LogP contribution in [-0.4, -0.2) is 51.1 Å². The largest absolute Gasteiger partial charge is 0.462 e. The van der Waals surface area contributed by atoms with Gasteiger partial charge in [-0.05, 0) is 31.5 Å². The molecule has 1 aromatic heterocycles. The number of benzene rings is 1. The van der Waals surface area contributed by atoms with Gasteiger partial charge in [-0.1, -0.05) is 12.1 Å². The minimum absolute atomic E-state index is 0.0978. The maximum absolute atomic E-state index is 12.3. The smallest absolute Gasteiger partial charge is 0.341 e. The highest BCUT2D eigenvalue weighted by molar-refractivity contribution is 7.18. The summed E-state index contributed by atoms with van der Waals surface area (Å²) in [5.74, 6) is -2.37. The minimum atomic E-state index is -0.672. The summed E-state index contributed by atoms with van der Waals surface area (Å²) < 4.78 is 10.1. The normalized spacial score (nSPS) is 10.1. The highest BCUT2D eigenvalue weighted by atomic mass is 32.1. The van der Waals surface area contributed by atoms with Crippen LogP contribution >= 0.6 is 11.3 Å². The van der Waals surface area contributed by atoms with Crippen molar-refractivity contribution in [1.82, 2.24) is 5.32 Å². The number of amides is 2. The molecule has 0 radical (unpaired) electrons. The molecule has 2 amide bonds. The number of carbonyl (C=O) groups is 4. The van der Waals surface area contributed by atoms with Crippen LogP contribution in [0.15, 0.2) is 24.3 Å². The topological polar surface area (TPSA) is 123 Å². The number of nitrogens with one attached hydrogen (secondary N) is 3. The molecule has 1 heterocycles. The average molecular weight is 433 g/mol. The average Bonchev–Trinajstić information content (AvgIpc) is 3.07. The number of ether oxygens (including phenoxy) is 2. The summed E-state index contributed by atoms with van der Waals surface area (Å²) in [6, 6.07) is 6.72. The quantitative estimate of drug-likeness (QED) is 0.547. The zero-order valence-electron chi connectivity index (χ0n) is 17.1. The molecule has 0 atom stereocenters. The third kappa shape index (κ3) is 5.15. The molecule has 0 aliphatic heterocycles. The lowest BCUT2D eigenvalue weighted by molar-refractivity contribution is -0.119. The molecule has 0 saturated carbocycles. The zero-order chi connectivity index (χ0) is 22.3. The number of thiophene rings is 1. The molecular formula is C20H23N3O6S. The fourth-order valence-corrected chi connectivity index (χ4v) is 3.79. The van der Waals surface area contributed by atoms with Gasteiger partial charge in [-0.25, -0.2) is 9.59 Å². The van der Waals surface area contributed by atoms with Crippen LogP contribution < -0.4 is 16.0 Å². The molecule has 30 heavy (non-hydrogen) atoms. The Morgan fingerprint density at radius 1 is 1.03 bits per heavy atom. The number of esters is 2. The molecule has 3 N–H and O–H groups in total. The predicted molar refractivity (Wildman–Crippen MR) is 113 cm³/mol. The zero-order valence-corrected chi connectivity index (χ0v) is 17.9.